The Kier molecular flexibility index (Phi) is 6.77. The fourth-order valence-corrected chi connectivity index (χ4v) is 5.60. The van der Waals surface area contributed by atoms with Crippen molar-refractivity contribution in [3.05, 3.63) is 57.3 Å². The summed E-state index contributed by atoms with van der Waals surface area (Å²) in [5.41, 5.74) is 3.60. The molecule has 2 amide bonds. The molecule has 31 heavy (non-hydrogen) atoms. The third-order valence-corrected chi connectivity index (χ3v) is 7.63. The lowest BCUT2D eigenvalue weighted by Crippen LogP contribution is -2.50. The molecule has 3 heterocycles. The van der Waals surface area contributed by atoms with Crippen molar-refractivity contribution < 1.29 is 9.59 Å². The molecule has 1 saturated heterocycles. The van der Waals surface area contributed by atoms with Gasteiger partial charge in [0.15, 0.2) is 0 Å². The maximum absolute atomic E-state index is 13.3. The van der Waals surface area contributed by atoms with Gasteiger partial charge in [0.05, 0.1) is 6.04 Å². The number of aryl methyl sites for hydroxylation is 1. The van der Waals surface area contributed by atoms with Crippen molar-refractivity contribution in [1.29, 1.82) is 0 Å². The van der Waals surface area contributed by atoms with Crippen molar-refractivity contribution in [1.82, 2.24) is 14.7 Å². The summed E-state index contributed by atoms with van der Waals surface area (Å²) >= 11 is 1.78. The van der Waals surface area contributed by atoms with E-state index in [0.717, 1.165) is 38.2 Å². The summed E-state index contributed by atoms with van der Waals surface area (Å²) in [5.74, 6) is 0.188. The first-order valence-corrected chi connectivity index (χ1v) is 12.3. The summed E-state index contributed by atoms with van der Waals surface area (Å²) in [6.45, 7) is 10.5. The summed E-state index contributed by atoms with van der Waals surface area (Å²) in [5, 5.41) is 2.13. The summed E-state index contributed by atoms with van der Waals surface area (Å²) in [4.78, 5) is 33.7. The molecule has 5 nitrogen and oxygen atoms in total. The molecule has 2 aliphatic rings. The second kappa shape index (κ2) is 9.53. The molecular formula is C25H33N3O2S. The van der Waals surface area contributed by atoms with Crippen LogP contribution in [0.15, 0.2) is 35.7 Å². The van der Waals surface area contributed by atoms with Crippen molar-refractivity contribution in [2.45, 2.75) is 52.1 Å². The van der Waals surface area contributed by atoms with Crippen LogP contribution in [-0.2, 0) is 16.0 Å². The standard InChI is InChI=1S/C25H33N3O2S/c1-18(2)26-13-15-27(16-14-26)23(29)8-9-24(30)28-12-10-22-21(11-17-31-22)25(28)20-6-4-19(3)5-7-20/h4-7,11,17-18,25H,8-10,12-16H2,1-3H3. The molecule has 0 spiro atoms. The first-order chi connectivity index (χ1) is 14.9. The zero-order chi connectivity index (χ0) is 22.0. The zero-order valence-electron chi connectivity index (χ0n) is 18.8. The maximum atomic E-state index is 13.3. The van der Waals surface area contributed by atoms with Gasteiger partial charge >= 0.3 is 0 Å². The van der Waals surface area contributed by atoms with Crippen LogP contribution in [0.2, 0.25) is 0 Å². The number of hydrogen-bond donors (Lipinski definition) is 0. The molecule has 0 radical (unpaired) electrons. The molecule has 0 bridgehead atoms. The molecule has 0 aliphatic carbocycles. The van der Waals surface area contributed by atoms with Gasteiger partial charge in [-0.3, -0.25) is 14.5 Å². The minimum atomic E-state index is -0.0483. The fraction of sp³-hybridized carbons (Fsp3) is 0.520. The average Bonchev–Trinajstić information content (AvgIpc) is 3.26. The molecule has 1 aromatic carbocycles. The van der Waals surface area contributed by atoms with Gasteiger partial charge in [0.1, 0.15) is 0 Å². The van der Waals surface area contributed by atoms with Crippen molar-refractivity contribution >= 4 is 23.2 Å². The Morgan fingerprint density at radius 2 is 1.65 bits per heavy atom. The van der Waals surface area contributed by atoms with Crippen LogP contribution in [0.3, 0.4) is 0 Å². The second-order valence-corrected chi connectivity index (χ2v) is 9.96. The van der Waals surface area contributed by atoms with Crippen LogP contribution in [0, 0.1) is 6.92 Å². The third kappa shape index (κ3) is 4.85. The lowest BCUT2D eigenvalue weighted by molar-refractivity contribution is -0.139. The first kappa shape index (κ1) is 22.0. The van der Waals surface area contributed by atoms with Crippen LogP contribution in [0.5, 0.6) is 0 Å². The van der Waals surface area contributed by atoms with Gasteiger partial charge in [-0.1, -0.05) is 29.8 Å². The van der Waals surface area contributed by atoms with Crippen LogP contribution in [0.4, 0.5) is 0 Å². The first-order valence-electron chi connectivity index (χ1n) is 11.4. The topological polar surface area (TPSA) is 43.9 Å². The molecule has 1 fully saturated rings. The molecular weight excluding hydrogens is 406 g/mol. The van der Waals surface area contributed by atoms with Crippen LogP contribution in [0.25, 0.3) is 0 Å². The van der Waals surface area contributed by atoms with E-state index in [1.54, 1.807) is 11.3 Å². The SMILES string of the molecule is Cc1ccc(C2c3ccsc3CCN2C(=O)CCC(=O)N2CCN(C(C)C)CC2)cc1. The fourth-order valence-electron chi connectivity index (χ4n) is 4.70. The van der Waals surface area contributed by atoms with Crippen LogP contribution in [0.1, 0.15) is 54.3 Å². The summed E-state index contributed by atoms with van der Waals surface area (Å²) < 4.78 is 0. The highest BCUT2D eigenvalue weighted by molar-refractivity contribution is 7.10. The molecule has 1 aromatic heterocycles. The largest absolute Gasteiger partial charge is 0.340 e. The number of fused-ring (bicyclic) bond motifs is 1. The van der Waals surface area contributed by atoms with E-state index in [1.807, 2.05) is 9.80 Å². The van der Waals surface area contributed by atoms with Crippen LogP contribution >= 0.6 is 11.3 Å². The molecule has 166 valence electrons. The Morgan fingerprint density at radius 3 is 2.32 bits per heavy atom. The minimum absolute atomic E-state index is 0.0483. The normalized spacial score (nSPS) is 19.5. The van der Waals surface area contributed by atoms with E-state index in [4.69, 9.17) is 0 Å². The monoisotopic (exact) mass is 439 g/mol. The van der Waals surface area contributed by atoms with Crippen molar-refractivity contribution in [2.75, 3.05) is 32.7 Å². The summed E-state index contributed by atoms with van der Waals surface area (Å²) in [6.07, 6.45) is 1.48. The number of nitrogens with zero attached hydrogens (tertiary/aromatic N) is 3. The zero-order valence-corrected chi connectivity index (χ0v) is 19.7. The second-order valence-electron chi connectivity index (χ2n) is 8.96. The van der Waals surface area contributed by atoms with Gasteiger partial charge in [0.2, 0.25) is 11.8 Å². The van der Waals surface area contributed by atoms with E-state index in [9.17, 15) is 9.59 Å². The van der Waals surface area contributed by atoms with Crippen LogP contribution < -0.4 is 0 Å². The number of carbonyl (C=O) groups excluding carboxylic acids is 2. The Bertz CT molecular complexity index is 913. The number of amides is 2. The Labute approximate surface area is 189 Å². The van der Waals surface area contributed by atoms with Gasteiger partial charge in [-0.05, 0) is 49.8 Å². The number of thiophene rings is 1. The number of rotatable bonds is 5. The smallest absolute Gasteiger partial charge is 0.223 e. The van der Waals surface area contributed by atoms with E-state index >= 15 is 0 Å². The van der Waals surface area contributed by atoms with Gasteiger partial charge in [-0.25, -0.2) is 0 Å². The van der Waals surface area contributed by atoms with Gasteiger partial charge < -0.3 is 9.80 Å². The molecule has 1 unspecified atom stereocenters. The molecule has 0 saturated carbocycles. The van der Waals surface area contributed by atoms with E-state index in [1.165, 1.54) is 16.0 Å². The predicted octanol–water partition coefficient (Wildman–Crippen LogP) is 3.86. The number of hydrogen-bond acceptors (Lipinski definition) is 4. The highest BCUT2D eigenvalue weighted by Gasteiger charge is 2.33. The Balaban J connectivity index is 1.41. The van der Waals surface area contributed by atoms with E-state index in [0.29, 0.717) is 19.0 Å². The van der Waals surface area contributed by atoms with Crippen molar-refractivity contribution in [3.8, 4) is 0 Å². The number of carbonyl (C=O) groups is 2. The lowest BCUT2D eigenvalue weighted by atomic mass is 9.92. The molecule has 1 atom stereocenters. The summed E-state index contributed by atoms with van der Waals surface area (Å²) in [6, 6.07) is 11.1. The quantitative estimate of drug-likeness (QED) is 0.711. The highest BCUT2D eigenvalue weighted by Crippen LogP contribution is 2.38. The predicted molar refractivity (Wildman–Crippen MR) is 125 cm³/mol. The Morgan fingerprint density at radius 1 is 0.968 bits per heavy atom. The van der Waals surface area contributed by atoms with Gasteiger partial charge in [-0.15, -0.1) is 11.3 Å². The molecule has 6 heteroatoms. The van der Waals surface area contributed by atoms with E-state index in [2.05, 4.69) is 61.4 Å². The number of benzene rings is 1. The van der Waals surface area contributed by atoms with E-state index < -0.39 is 0 Å². The highest BCUT2D eigenvalue weighted by atomic mass is 32.1. The Hall–Kier alpha value is -2.18. The molecule has 2 aliphatic heterocycles. The van der Waals surface area contributed by atoms with Crippen LogP contribution in [-0.4, -0.2) is 65.3 Å². The minimum Gasteiger partial charge on any atom is -0.340 e. The maximum Gasteiger partial charge on any atom is 0.223 e. The van der Waals surface area contributed by atoms with Gasteiger partial charge in [0.25, 0.3) is 0 Å². The average molecular weight is 440 g/mol. The summed E-state index contributed by atoms with van der Waals surface area (Å²) in [7, 11) is 0. The molecule has 0 N–H and O–H groups in total. The lowest BCUT2D eigenvalue weighted by Gasteiger charge is -2.38. The molecule has 4 rings (SSSR count). The molecule has 2 aromatic rings. The van der Waals surface area contributed by atoms with Gasteiger partial charge in [-0.2, -0.15) is 0 Å². The third-order valence-electron chi connectivity index (χ3n) is 6.63. The van der Waals surface area contributed by atoms with E-state index in [-0.39, 0.29) is 24.3 Å². The van der Waals surface area contributed by atoms with Crippen molar-refractivity contribution in [3.63, 3.8) is 0 Å². The number of piperazine rings is 1. The van der Waals surface area contributed by atoms with Gasteiger partial charge in [0, 0.05) is 56.5 Å². The van der Waals surface area contributed by atoms with Crippen molar-refractivity contribution in [2.24, 2.45) is 0 Å².